The minimum Gasteiger partial charge on any atom is -0.434 e. The molecule has 2 N–H and O–H groups in total. The molecule has 0 fully saturated rings. The first kappa shape index (κ1) is 23.6. The quantitative estimate of drug-likeness (QED) is 0.460. The van der Waals surface area contributed by atoms with Crippen LogP contribution in [0.5, 0.6) is 11.6 Å². The molecule has 1 aromatic heterocycles. The molecule has 1 amide bonds. The average molecular weight is 458 g/mol. The molecule has 0 spiro atoms. The minimum atomic E-state index is -0.708. The first-order valence-electron chi connectivity index (χ1n) is 8.81. The second kappa shape index (κ2) is 10.4. The van der Waals surface area contributed by atoms with Crippen molar-refractivity contribution in [3.8, 4) is 23.8 Å². The van der Waals surface area contributed by atoms with Gasteiger partial charge < -0.3 is 10.1 Å². The first-order chi connectivity index (χ1) is 14.7. The van der Waals surface area contributed by atoms with Crippen molar-refractivity contribution < 1.29 is 9.53 Å². The van der Waals surface area contributed by atoms with E-state index in [0.29, 0.717) is 16.9 Å². The van der Waals surface area contributed by atoms with Crippen LogP contribution >= 0.6 is 23.2 Å². The van der Waals surface area contributed by atoms with Gasteiger partial charge in [0, 0.05) is 11.8 Å². The minimum absolute atomic E-state index is 0.0271. The van der Waals surface area contributed by atoms with Crippen LogP contribution in [-0.4, -0.2) is 21.8 Å². The Morgan fingerprint density at radius 1 is 1.23 bits per heavy atom. The second-order valence-electron chi connectivity index (χ2n) is 6.54. The smallest absolute Gasteiger partial charge is 0.286 e. The van der Waals surface area contributed by atoms with Gasteiger partial charge in [0.15, 0.2) is 11.4 Å². The fourth-order valence-corrected chi connectivity index (χ4v) is 2.85. The number of hydrogen-bond donors (Lipinski definition) is 2. The number of aromatic nitrogens is 2. The zero-order valence-corrected chi connectivity index (χ0v) is 18.3. The van der Waals surface area contributed by atoms with Crippen molar-refractivity contribution in [1.82, 2.24) is 15.5 Å². The number of carbonyl (C=O) groups excluding carboxylic acids is 1. The number of rotatable bonds is 7. The van der Waals surface area contributed by atoms with Crippen molar-refractivity contribution in [3.63, 3.8) is 0 Å². The van der Waals surface area contributed by atoms with Crippen LogP contribution in [0.15, 0.2) is 35.6 Å². The Hall–Kier alpha value is -3.66. The van der Waals surface area contributed by atoms with Gasteiger partial charge in [-0.3, -0.25) is 10.2 Å². The van der Waals surface area contributed by atoms with Crippen molar-refractivity contribution in [2.45, 2.75) is 26.7 Å². The summed E-state index contributed by atoms with van der Waals surface area (Å²) in [5, 5.41) is 32.3. The number of ether oxygens (including phenoxy) is 1. The summed E-state index contributed by atoms with van der Waals surface area (Å²) in [7, 11) is 0. The van der Waals surface area contributed by atoms with Crippen LogP contribution < -0.4 is 15.5 Å². The summed E-state index contributed by atoms with van der Waals surface area (Å²) in [5.74, 6) is -0.445. The number of amides is 1. The number of nitrogens with one attached hydrogen (secondary N) is 2. The van der Waals surface area contributed by atoms with Crippen molar-refractivity contribution in [2.75, 3.05) is 5.43 Å². The predicted octanol–water partition coefficient (Wildman–Crippen LogP) is 4.51. The maximum atomic E-state index is 11.8. The summed E-state index contributed by atoms with van der Waals surface area (Å²) in [6, 6.07) is 8.15. The summed E-state index contributed by atoms with van der Waals surface area (Å²) in [6.07, 6.45) is 0. The van der Waals surface area contributed by atoms with Gasteiger partial charge >= 0.3 is 0 Å². The Morgan fingerprint density at radius 2 is 1.87 bits per heavy atom. The third-order valence-corrected chi connectivity index (χ3v) is 4.24. The van der Waals surface area contributed by atoms with E-state index in [1.807, 2.05) is 19.9 Å². The maximum absolute atomic E-state index is 11.8. The fraction of sp³-hybridized carbons (Fsp3) is 0.200. The molecule has 1 aromatic carbocycles. The third-order valence-electron chi connectivity index (χ3n) is 3.68. The van der Waals surface area contributed by atoms with E-state index < -0.39 is 11.6 Å². The largest absolute Gasteiger partial charge is 0.434 e. The van der Waals surface area contributed by atoms with Gasteiger partial charge in [0.25, 0.3) is 5.91 Å². The summed E-state index contributed by atoms with van der Waals surface area (Å²) >= 11 is 12.5. The highest BCUT2D eigenvalue weighted by molar-refractivity contribution is 6.45. The van der Waals surface area contributed by atoms with Crippen molar-refractivity contribution in [1.29, 1.82) is 10.5 Å². The SMILES string of the molecule is C=C(C)NC(=O)/C(C#N)=N\Nc1cc(Cl)c(Oc2cc(C(C)C)c(C#N)nn2)c(Cl)c1. The van der Waals surface area contributed by atoms with Crippen LogP contribution in [0, 0.1) is 22.7 Å². The van der Waals surface area contributed by atoms with E-state index in [0.717, 1.165) is 0 Å². The molecule has 2 rings (SSSR count). The second-order valence-corrected chi connectivity index (χ2v) is 7.36. The number of nitriles is 2. The van der Waals surface area contributed by atoms with Gasteiger partial charge in [-0.15, -0.1) is 10.2 Å². The molecule has 0 aliphatic rings. The van der Waals surface area contributed by atoms with Gasteiger partial charge in [-0.2, -0.15) is 15.6 Å². The van der Waals surface area contributed by atoms with Crippen LogP contribution in [0.3, 0.4) is 0 Å². The average Bonchev–Trinajstić information content (AvgIpc) is 2.70. The summed E-state index contributed by atoms with van der Waals surface area (Å²) in [6.45, 7) is 8.92. The van der Waals surface area contributed by atoms with Gasteiger partial charge in [0.05, 0.1) is 15.7 Å². The molecule has 9 nitrogen and oxygen atoms in total. The Morgan fingerprint density at radius 3 is 2.39 bits per heavy atom. The molecule has 0 aliphatic carbocycles. The van der Waals surface area contributed by atoms with Crippen LogP contribution in [0.4, 0.5) is 5.69 Å². The molecule has 0 bridgehead atoms. The van der Waals surface area contributed by atoms with Gasteiger partial charge in [-0.05, 0) is 30.5 Å². The molecule has 0 saturated heterocycles. The Labute approximate surface area is 188 Å². The van der Waals surface area contributed by atoms with Crippen LogP contribution in [0.1, 0.15) is 37.9 Å². The lowest BCUT2D eigenvalue weighted by molar-refractivity contribution is -0.114. The fourth-order valence-electron chi connectivity index (χ4n) is 2.29. The Bertz CT molecular complexity index is 1120. The molecule has 0 saturated carbocycles. The highest BCUT2D eigenvalue weighted by Crippen LogP contribution is 2.38. The third kappa shape index (κ3) is 6.16. The van der Waals surface area contributed by atoms with Crippen molar-refractivity contribution in [2.24, 2.45) is 5.10 Å². The molecule has 1 heterocycles. The number of allylic oxidation sites excluding steroid dienone is 1. The maximum Gasteiger partial charge on any atom is 0.286 e. The van der Waals surface area contributed by atoms with Gasteiger partial charge in [0.1, 0.15) is 12.1 Å². The highest BCUT2D eigenvalue weighted by Gasteiger charge is 2.16. The molecule has 31 heavy (non-hydrogen) atoms. The molecule has 0 unspecified atom stereocenters. The standard InChI is InChI=1S/C20H17Cl2N7O2/c1-10(2)13-7-18(29-27-16(13)8-23)31-19-14(21)5-12(6-15(19)22)26-28-17(9-24)20(30)25-11(3)4/h5-7,10,26H,3H2,1-2,4H3,(H,25,30)/b28-17-. The molecular formula is C20H17Cl2N7O2. The molecule has 2 aromatic rings. The van der Waals surface area contributed by atoms with Crippen LogP contribution in [0.25, 0.3) is 0 Å². The lowest BCUT2D eigenvalue weighted by atomic mass is 10.0. The number of anilines is 1. The number of hydrazone groups is 1. The van der Waals surface area contributed by atoms with Gasteiger partial charge in [-0.25, -0.2) is 0 Å². The van der Waals surface area contributed by atoms with Gasteiger partial charge in [-0.1, -0.05) is 43.6 Å². The summed E-state index contributed by atoms with van der Waals surface area (Å²) in [4.78, 5) is 11.8. The van der Waals surface area contributed by atoms with E-state index >= 15 is 0 Å². The van der Waals surface area contributed by atoms with E-state index in [2.05, 4.69) is 32.6 Å². The van der Waals surface area contributed by atoms with Crippen molar-refractivity contribution in [3.05, 3.63) is 51.8 Å². The van der Waals surface area contributed by atoms with E-state index in [-0.39, 0.29) is 33.3 Å². The Balaban J connectivity index is 2.27. The zero-order chi connectivity index (χ0) is 23.1. The first-order valence-corrected chi connectivity index (χ1v) is 9.57. The molecular weight excluding hydrogens is 441 g/mol. The number of carbonyl (C=O) groups is 1. The van der Waals surface area contributed by atoms with E-state index in [1.165, 1.54) is 12.1 Å². The lowest BCUT2D eigenvalue weighted by Crippen LogP contribution is -2.29. The van der Waals surface area contributed by atoms with Crippen LogP contribution in [-0.2, 0) is 4.79 Å². The predicted molar refractivity (Wildman–Crippen MR) is 117 cm³/mol. The normalized spacial score (nSPS) is 10.8. The number of hydrogen-bond acceptors (Lipinski definition) is 8. The molecule has 11 heteroatoms. The Kier molecular flexibility index (Phi) is 7.92. The van der Waals surface area contributed by atoms with Gasteiger partial charge in [0.2, 0.25) is 11.6 Å². The number of benzene rings is 1. The summed E-state index contributed by atoms with van der Waals surface area (Å²) in [5.41, 5.74) is 3.70. The number of halogens is 2. The lowest BCUT2D eigenvalue weighted by Gasteiger charge is -2.12. The molecule has 158 valence electrons. The van der Waals surface area contributed by atoms with Crippen LogP contribution in [0.2, 0.25) is 10.0 Å². The molecule has 0 aliphatic heterocycles. The topological polar surface area (TPSA) is 136 Å². The van der Waals surface area contributed by atoms with E-state index in [9.17, 15) is 4.79 Å². The highest BCUT2D eigenvalue weighted by atomic mass is 35.5. The van der Waals surface area contributed by atoms with E-state index in [4.69, 9.17) is 38.5 Å². The molecule has 0 atom stereocenters. The molecule has 0 radical (unpaired) electrons. The zero-order valence-electron chi connectivity index (χ0n) is 16.8. The summed E-state index contributed by atoms with van der Waals surface area (Å²) < 4.78 is 5.68. The van der Waals surface area contributed by atoms with Crippen molar-refractivity contribution >= 4 is 40.5 Å². The number of nitrogens with zero attached hydrogens (tertiary/aromatic N) is 5. The monoisotopic (exact) mass is 457 g/mol. The van der Waals surface area contributed by atoms with E-state index in [1.54, 1.807) is 19.1 Å².